The zero-order valence-corrected chi connectivity index (χ0v) is 18.8. The summed E-state index contributed by atoms with van der Waals surface area (Å²) in [6, 6.07) is 8.00. The van der Waals surface area contributed by atoms with Crippen LogP contribution in [0, 0.1) is 5.82 Å². The van der Waals surface area contributed by atoms with E-state index >= 15 is 0 Å². The molecule has 170 valence electrons. The van der Waals surface area contributed by atoms with Crippen molar-refractivity contribution in [3.8, 4) is 22.4 Å². The van der Waals surface area contributed by atoms with E-state index in [2.05, 4.69) is 10.3 Å². The predicted molar refractivity (Wildman–Crippen MR) is 120 cm³/mol. The number of rotatable bonds is 6. The number of aromatic nitrogens is 1. The number of thiazole rings is 1. The molecule has 10 heteroatoms. The quantitative estimate of drug-likeness (QED) is 0.581. The summed E-state index contributed by atoms with van der Waals surface area (Å²) >= 11 is 1.32. The third-order valence-corrected chi connectivity index (χ3v) is 6.17. The summed E-state index contributed by atoms with van der Waals surface area (Å²) in [6.07, 6.45) is 1.23. The van der Waals surface area contributed by atoms with Crippen LogP contribution in [-0.4, -0.2) is 56.4 Å². The van der Waals surface area contributed by atoms with Crippen LogP contribution < -0.4 is 24.3 Å². The number of ether oxygens (including phenoxy) is 4. The fraction of sp³-hybridized carbons (Fsp3) is 0.364. The lowest BCUT2D eigenvalue weighted by Gasteiger charge is -2.31. The molecule has 0 unspecified atom stereocenters. The summed E-state index contributed by atoms with van der Waals surface area (Å²) in [4.78, 5) is 18.7. The molecule has 1 aliphatic rings. The number of nitrogens with one attached hydrogen (secondary N) is 1. The highest BCUT2D eigenvalue weighted by Crippen LogP contribution is 2.40. The summed E-state index contributed by atoms with van der Waals surface area (Å²) in [5, 5.41) is 3.33. The van der Waals surface area contributed by atoms with Crippen LogP contribution in [0.5, 0.6) is 22.4 Å². The smallest absolute Gasteiger partial charge is 0.321 e. The van der Waals surface area contributed by atoms with E-state index in [-0.39, 0.29) is 18.0 Å². The van der Waals surface area contributed by atoms with Gasteiger partial charge in [0, 0.05) is 38.1 Å². The Kier molecular flexibility index (Phi) is 6.50. The molecule has 1 N–H and O–H groups in total. The number of methoxy groups -OCH3 is 3. The zero-order chi connectivity index (χ0) is 22.7. The molecule has 0 radical (unpaired) electrons. The second-order valence-corrected chi connectivity index (χ2v) is 8.21. The molecule has 2 amide bonds. The second kappa shape index (κ2) is 9.47. The van der Waals surface area contributed by atoms with Crippen LogP contribution in [0.25, 0.3) is 10.2 Å². The lowest BCUT2D eigenvalue weighted by molar-refractivity contribution is 0.115. The Balaban J connectivity index is 1.35. The number of piperidine rings is 1. The Morgan fingerprint density at radius 2 is 1.81 bits per heavy atom. The van der Waals surface area contributed by atoms with Gasteiger partial charge >= 0.3 is 6.03 Å². The van der Waals surface area contributed by atoms with Crippen LogP contribution >= 0.6 is 11.3 Å². The van der Waals surface area contributed by atoms with E-state index in [4.69, 9.17) is 18.9 Å². The number of benzene rings is 2. The van der Waals surface area contributed by atoms with Crippen molar-refractivity contribution < 1.29 is 28.1 Å². The monoisotopic (exact) mass is 461 g/mol. The van der Waals surface area contributed by atoms with E-state index in [0.29, 0.717) is 59.6 Å². The maximum atomic E-state index is 13.8. The number of anilines is 1. The van der Waals surface area contributed by atoms with Crippen LogP contribution in [0.4, 0.5) is 14.9 Å². The van der Waals surface area contributed by atoms with Crippen LogP contribution in [0.2, 0.25) is 0 Å². The number of carbonyl (C=O) groups excluding carboxylic acids is 1. The largest absolute Gasteiger partial charge is 0.493 e. The molecule has 1 saturated heterocycles. The van der Waals surface area contributed by atoms with Crippen LogP contribution in [0.3, 0.4) is 0 Å². The number of hydrogen-bond acceptors (Lipinski definition) is 7. The van der Waals surface area contributed by atoms with Gasteiger partial charge in [0.2, 0.25) is 5.75 Å². The lowest BCUT2D eigenvalue weighted by Crippen LogP contribution is -2.43. The van der Waals surface area contributed by atoms with Crippen molar-refractivity contribution in [3.63, 3.8) is 0 Å². The SMILES string of the molecule is COc1cc(NC(=O)N2CCC(Oc3nc4c(F)cccc4s3)CC2)cc(OC)c1OC. The number of nitrogens with zero attached hydrogens (tertiary/aromatic N) is 2. The van der Waals surface area contributed by atoms with Gasteiger partial charge in [0.05, 0.1) is 31.7 Å². The topological polar surface area (TPSA) is 82.2 Å². The molecule has 0 atom stereocenters. The first-order valence-corrected chi connectivity index (χ1v) is 10.9. The Morgan fingerprint density at radius 3 is 2.41 bits per heavy atom. The van der Waals surface area contributed by atoms with Crippen molar-refractivity contribution in [1.82, 2.24) is 9.88 Å². The molecule has 8 nitrogen and oxygen atoms in total. The Hall–Kier alpha value is -3.27. The molecule has 0 saturated carbocycles. The number of fused-ring (bicyclic) bond motifs is 1. The predicted octanol–water partition coefficient (Wildman–Crippen LogP) is 4.54. The van der Waals surface area contributed by atoms with E-state index in [9.17, 15) is 9.18 Å². The normalized spacial score (nSPS) is 14.3. The third-order valence-electron chi connectivity index (χ3n) is 5.26. The van der Waals surface area contributed by atoms with Crippen molar-refractivity contribution in [2.24, 2.45) is 0 Å². The van der Waals surface area contributed by atoms with Gasteiger partial charge in [0.15, 0.2) is 11.5 Å². The van der Waals surface area contributed by atoms with Crippen molar-refractivity contribution in [2.75, 3.05) is 39.7 Å². The summed E-state index contributed by atoms with van der Waals surface area (Å²) in [5.74, 6) is 1.02. The highest BCUT2D eigenvalue weighted by Gasteiger charge is 2.25. The van der Waals surface area contributed by atoms with Crippen LogP contribution in [-0.2, 0) is 0 Å². The van der Waals surface area contributed by atoms with E-state index in [0.717, 1.165) is 4.70 Å². The number of amides is 2. The first kappa shape index (κ1) is 21.9. The van der Waals surface area contributed by atoms with Gasteiger partial charge in [0.1, 0.15) is 17.4 Å². The molecule has 1 aliphatic heterocycles. The molecule has 0 aliphatic carbocycles. The first-order chi connectivity index (χ1) is 15.5. The fourth-order valence-electron chi connectivity index (χ4n) is 3.62. The van der Waals surface area contributed by atoms with Gasteiger partial charge in [-0.3, -0.25) is 0 Å². The summed E-state index contributed by atoms with van der Waals surface area (Å²) in [7, 11) is 4.57. The highest BCUT2D eigenvalue weighted by molar-refractivity contribution is 7.20. The molecular formula is C22H24FN3O5S. The average molecular weight is 462 g/mol. The third kappa shape index (κ3) is 4.50. The van der Waals surface area contributed by atoms with E-state index in [1.165, 1.54) is 38.7 Å². The minimum absolute atomic E-state index is 0.0798. The standard InChI is InChI=1S/C22H24FN3O5S/c1-28-16-11-13(12-17(29-2)20(16)30-3)24-21(27)26-9-7-14(8-10-26)31-22-25-19-15(23)5-4-6-18(19)32-22/h4-6,11-12,14H,7-10H2,1-3H3,(H,24,27). The second-order valence-electron chi connectivity index (χ2n) is 7.21. The molecule has 1 aromatic heterocycles. The number of para-hydroxylation sites is 1. The highest BCUT2D eigenvalue weighted by atomic mass is 32.1. The minimum Gasteiger partial charge on any atom is -0.493 e. The van der Waals surface area contributed by atoms with Gasteiger partial charge in [0.25, 0.3) is 5.19 Å². The minimum atomic E-state index is -0.355. The fourth-order valence-corrected chi connectivity index (χ4v) is 4.52. The number of hydrogen-bond donors (Lipinski definition) is 1. The van der Waals surface area contributed by atoms with E-state index in [1.54, 1.807) is 23.1 Å². The molecule has 1 fully saturated rings. The number of likely N-dealkylation sites (tertiary alicyclic amines) is 1. The molecule has 0 bridgehead atoms. The maximum absolute atomic E-state index is 13.8. The summed E-state index contributed by atoms with van der Waals surface area (Å²) in [6.45, 7) is 1.06. The van der Waals surface area contributed by atoms with Gasteiger partial charge in [-0.15, -0.1) is 0 Å². The number of halogens is 1. The Bertz CT molecular complexity index is 1090. The van der Waals surface area contributed by atoms with E-state index in [1.807, 2.05) is 6.07 Å². The van der Waals surface area contributed by atoms with Gasteiger partial charge in [-0.05, 0) is 12.1 Å². The van der Waals surface area contributed by atoms with Crippen molar-refractivity contribution in [3.05, 3.63) is 36.1 Å². The number of urea groups is 1. The Morgan fingerprint density at radius 1 is 1.12 bits per heavy atom. The van der Waals surface area contributed by atoms with Gasteiger partial charge < -0.3 is 29.2 Å². The summed E-state index contributed by atoms with van der Waals surface area (Å²) in [5.41, 5.74) is 0.869. The van der Waals surface area contributed by atoms with Crippen LogP contribution in [0.1, 0.15) is 12.8 Å². The first-order valence-electron chi connectivity index (χ1n) is 10.1. The van der Waals surface area contributed by atoms with Crippen molar-refractivity contribution >= 4 is 33.3 Å². The van der Waals surface area contributed by atoms with Gasteiger partial charge in [-0.2, -0.15) is 4.98 Å². The van der Waals surface area contributed by atoms with Crippen molar-refractivity contribution in [1.29, 1.82) is 0 Å². The zero-order valence-electron chi connectivity index (χ0n) is 18.0. The van der Waals surface area contributed by atoms with Crippen LogP contribution in [0.15, 0.2) is 30.3 Å². The van der Waals surface area contributed by atoms with Crippen molar-refractivity contribution in [2.45, 2.75) is 18.9 Å². The van der Waals surface area contributed by atoms with Gasteiger partial charge in [-0.1, -0.05) is 17.4 Å². The molecule has 4 rings (SSSR count). The van der Waals surface area contributed by atoms with E-state index < -0.39 is 0 Å². The molecule has 0 spiro atoms. The molecule has 32 heavy (non-hydrogen) atoms. The molecule has 2 aromatic carbocycles. The molecule has 3 aromatic rings. The van der Waals surface area contributed by atoms with Gasteiger partial charge in [-0.25, -0.2) is 9.18 Å². The maximum Gasteiger partial charge on any atom is 0.321 e. The molecule has 2 heterocycles. The molecular weight excluding hydrogens is 437 g/mol. The number of carbonyl (C=O) groups is 1. The Labute approximate surface area is 188 Å². The average Bonchev–Trinajstić information content (AvgIpc) is 3.22. The summed E-state index contributed by atoms with van der Waals surface area (Å²) < 4.78 is 36.5. The lowest BCUT2D eigenvalue weighted by atomic mass is 10.1.